The molecule has 1 aromatic carbocycles. The largest absolute Gasteiger partial charge is 0.342 e. The van der Waals surface area contributed by atoms with E-state index in [9.17, 15) is 18.0 Å². The number of sulfonamides is 1. The normalized spacial score (nSPS) is 21.5. The average molecular weight is 422 g/mol. The van der Waals surface area contributed by atoms with Gasteiger partial charge in [0.25, 0.3) is 0 Å². The third-order valence-electron chi connectivity index (χ3n) is 6.02. The Morgan fingerprint density at radius 1 is 1.03 bits per heavy atom. The van der Waals surface area contributed by atoms with Gasteiger partial charge in [0.05, 0.1) is 10.8 Å². The fourth-order valence-corrected chi connectivity index (χ4v) is 5.88. The first-order valence-corrected chi connectivity index (χ1v) is 11.9. The van der Waals surface area contributed by atoms with Crippen molar-refractivity contribution in [3.63, 3.8) is 0 Å². The monoisotopic (exact) mass is 421 g/mol. The number of nitrogens with one attached hydrogen (secondary N) is 1. The van der Waals surface area contributed by atoms with Crippen LogP contribution < -0.4 is 5.32 Å². The Balaban J connectivity index is 1.68. The minimum Gasteiger partial charge on any atom is -0.342 e. The Morgan fingerprint density at radius 3 is 2.31 bits per heavy atom. The SMILES string of the molecule is CC(=O)Nc1ccc(S(=O)(=O)N2CCC[C@@H](C(=O)N(C)C3CCCCC3)C2)cc1. The first-order valence-electron chi connectivity index (χ1n) is 10.4. The summed E-state index contributed by atoms with van der Waals surface area (Å²) in [6.45, 7) is 2.05. The highest BCUT2D eigenvalue weighted by Crippen LogP contribution is 2.28. The highest BCUT2D eigenvalue weighted by molar-refractivity contribution is 7.89. The lowest BCUT2D eigenvalue weighted by atomic mass is 9.92. The van der Waals surface area contributed by atoms with Crippen LogP contribution in [0.1, 0.15) is 51.9 Å². The van der Waals surface area contributed by atoms with Gasteiger partial charge in [-0.3, -0.25) is 9.59 Å². The Kier molecular flexibility index (Phi) is 6.95. The second-order valence-electron chi connectivity index (χ2n) is 8.15. The Hall–Kier alpha value is -1.93. The number of piperidine rings is 1. The van der Waals surface area contributed by atoms with Gasteiger partial charge in [-0.1, -0.05) is 19.3 Å². The molecule has 1 saturated heterocycles. The van der Waals surface area contributed by atoms with Gasteiger partial charge in [-0.25, -0.2) is 8.42 Å². The van der Waals surface area contributed by atoms with Gasteiger partial charge in [-0.05, 0) is 49.9 Å². The van der Waals surface area contributed by atoms with Crippen LogP contribution in [0.25, 0.3) is 0 Å². The van der Waals surface area contributed by atoms with E-state index in [1.165, 1.54) is 29.8 Å². The second kappa shape index (κ2) is 9.26. The first-order chi connectivity index (χ1) is 13.8. The zero-order valence-electron chi connectivity index (χ0n) is 17.3. The average Bonchev–Trinajstić information content (AvgIpc) is 2.73. The molecule has 1 aliphatic carbocycles. The lowest BCUT2D eigenvalue weighted by molar-refractivity contribution is -0.138. The predicted octanol–water partition coefficient (Wildman–Crippen LogP) is 2.84. The lowest BCUT2D eigenvalue weighted by Crippen LogP contribution is -2.48. The molecule has 8 heteroatoms. The van der Waals surface area contributed by atoms with Gasteiger partial charge >= 0.3 is 0 Å². The molecule has 160 valence electrons. The number of benzene rings is 1. The molecular weight excluding hydrogens is 390 g/mol. The highest BCUT2D eigenvalue weighted by Gasteiger charge is 2.35. The summed E-state index contributed by atoms with van der Waals surface area (Å²) in [5.74, 6) is -0.429. The van der Waals surface area contributed by atoms with E-state index in [-0.39, 0.29) is 35.2 Å². The van der Waals surface area contributed by atoms with E-state index in [0.717, 1.165) is 32.1 Å². The van der Waals surface area contributed by atoms with Crippen molar-refractivity contribution in [3.05, 3.63) is 24.3 Å². The molecule has 0 spiro atoms. The van der Waals surface area contributed by atoms with Crippen molar-refractivity contribution in [2.75, 3.05) is 25.5 Å². The molecule has 0 aromatic heterocycles. The fourth-order valence-electron chi connectivity index (χ4n) is 4.36. The summed E-state index contributed by atoms with van der Waals surface area (Å²) in [6, 6.07) is 6.44. The molecule has 1 heterocycles. The topological polar surface area (TPSA) is 86.8 Å². The molecule has 0 bridgehead atoms. The number of carbonyl (C=O) groups excluding carboxylic acids is 2. The summed E-state index contributed by atoms with van der Waals surface area (Å²) in [7, 11) is -1.81. The molecule has 29 heavy (non-hydrogen) atoms. The van der Waals surface area contributed by atoms with Crippen LogP contribution in [0.2, 0.25) is 0 Å². The van der Waals surface area contributed by atoms with Gasteiger partial charge in [0.1, 0.15) is 0 Å². The molecule has 0 unspecified atom stereocenters. The number of carbonyl (C=O) groups is 2. The maximum Gasteiger partial charge on any atom is 0.243 e. The van der Waals surface area contributed by atoms with E-state index in [1.54, 1.807) is 12.1 Å². The van der Waals surface area contributed by atoms with Gasteiger partial charge < -0.3 is 10.2 Å². The molecule has 7 nitrogen and oxygen atoms in total. The second-order valence-corrected chi connectivity index (χ2v) is 10.1. The Bertz CT molecular complexity index is 832. The van der Waals surface area contributed by atoms with Crippen molar-refractivity contribution >= 4 is 27.5 Å². The maximum atomic E-state index is 13.1. The van der Waals surface area contributed by atoms with E-state index in [1.807, 2.05) is 11.9 Å². The maximum absolute atomic E-state index is 13.1. The first kappa shape index (κ1) is 21.8. The fraction of sp³-hybridized carbons (Fsp3) is 0.619. The molecule has 1 aliphatic heterocycles. The van der Waals surface area contributed by atoms with Crippen LogP contribution in [0.5, 0.6) is 0 Å². The summed E-state index contributed by atoms with van der Waals surface area (Å²) in [6.07, 6.45) is 7.02. The molecule has 1 N–H and O–H groups in total. The van der Waals surface area contributed by atoms with E-state index in [4.69, 9.17) is 0 Å². The number of rotatable bonds is 5. The van der Waals surface area contributed by atoms with E-state index >= 15 is 0 Å². The van der Waals surface area contributed by atoms with Crippen molar-refractivity contribution in [2.24, 2.45) is 5.92 Å². The Labute approximate surface area is 173 Å². The van der Waals surface area contributed by atoms with Crippen molar-refractivity contribution in [2.45, 2.75) is 62.8 Å². The summed E-state index contributed by atoms with van der Waals surface area (Å²) < 4.78 is 27.6. The molecule has 3 rings (SSSR count). The third kappa shape index (κ3) is 5.17. The molecule has 2 fully saturated rings. The molecular formula is C21H31N3O4S. The zero-order chi connectivity index (χ0) is 21.0. The third-order valence-corrected chi connectivity index (χ3v) is 7.90. The number of nitrogens with zero attached hydrogens (tertiary/aromatic N) is 2. The minimum atomic E-state index is -3.67. The summed E-state index contributed by atoms with van der Waals surface area (Å²) in [4.78, 5) is 26.2. The number of anilines is 1. The van der Waals surface area contributed by atoms with Crippen LogP contribution >= 0.6 is 0 Å². The van der Waals surface area contributed by atoms with Crippen molar-refractivity contribution in [1.29, 1.82) is 0 Å². The van der Waals surface area contributed by atoms with Gasteiger partial charge in [-0.2, -0.15) is 4.31 Å². The molecule has 2 amide bonds. The van der Waals surface area contributed by atoms with Crippen LogP contribution in [0.15, 0.2) is 29.2 Å². The zero-order valence-corrected chi connectivity index (χ0v) is 18.1. The van der Waals surface area contributed by atoms with Crippen LogP contribution in [0.4, 0.5) is 5.69 Å². The van der Waals surface area contributed by atoms with Crippen LogP contribution in [-0.2, 0) is 19.6 Å². The lowest BCUT2D eigenvalue weighted by Gasteiger charge is -2.37. The number of hydrogen-bond acceptors (Lipinski definition) is 4. The highest BCUT2D eigenvalue weighted by atomic mass is 32.2. The quantitative estimate of drug-likeness (QED) is 0.792. The van der Waals surface area contributed by atoms with Gasteiger partial charge in [0.2, 0.25) is 21.8 Å². The minimum absolute atomic E-state index is 0.0674. The molecule has 1 saturated carbocycles. The van der Waals surface area contributed by atoms with Crippen molar-refractivity contribution in [1.82, 2.24) is 9.21 Å². The molecule has 1 aromatic rings. The number of hydrogen-bond donors (Lipinski definition) is 1. The summed E-state index contributed by atoms with van der Waals surface area (Å²) >= 11 is 0. The summed E-state index contributed by atoms with van der Waals surface area (Å²) in [5.41, 5.74) is 0.553. The summed E-state index contributed by atoms with van der Waals surface area (Å²) in [5, 5.41) is 2.63. The van der Waals surface area contributed by atoms with Crippen molar-refractivity contribution in [3.8, 4) is 0 Å². The number of amides is 2. The predicted molar refractivity (Wildman–Crippen MR) is 112 cm³/mol. The standard InChI is InChI=1S/C21H31N3O4S/c1-16(25)22-18-10-12-20(13-11-18)29(27,28)24-14-6-7-17(15-24)21(26)23(2)19-8-4-3-5-9-19/h10-13,17,19H,3-9,14-15H2,1-2H3,(H,22,25)/t17-/m1/s1. The van der Waals surface area contributed by atoms with Crippen LogP contribution in [0, 0.1) is 5.92 Å². The molecule has 2 aliphatic rings. The van der Waals surface area contributed by atoms with Gasteiger partial charge in [-0.15, -0.1) is 0 Å². The Morgan fingerprint density at radius 2 is 1.69 bits per heavy atom. The molecule has 1 atom stereocenters. The van der Waals surface area contributed by atoms with E-state index in [2.05, 4.69) is 5.32 Å². The molecule has 0 radical (unpaired) electrons. The van der Waals surface area contributed by atoms with E-state index < -0.39 is 10.0 Å². The smallest absolute Gasteiger partial charge is 0.243 e. The van der Waals surface area contributed by atoms with Gasteiger partial charge in [0, 0.05) is 38.8 Å². The van der Waals surface area contributed by atoms with Crippen molar-refractivity contribution < 1.29 is 18.0 Å². The van der Waals surface area contributed by atoms with Crippen LogP contribution in [0.3, 0.4) is 0 Å². The van der Waals surface area contributed by atoms with Crippen LogP contribution in [-0.4, -0.2) is 55.6 Å². The van der Waals surface area contributed by atoms with Gasteiger partial charge in [0.15, 0.2) is 0 Å². The van der Waals surface area contributed by atoms with E-state index in [0.29, 0.717) is 18.7 Å².